The average molecular weight is 361 g/mol. The lowest BCUT2D eigenvalue weighted by Gasteiger charge is -2.23. The molecule has 1 aliphatic carbocycles. The van der Waals surface area contributed by atoms with Crippen molar-refractivity contribution in [2.45, 2.75) is 38.0 Å². The molecule has 2 aromatic carbocycles. The Hall–Kier alpha value is -2.88. The molecule has 0 radical (unpaired) electrons. The number of hydrogen-bond acceptors (Lipinski definition) is 3. The first-order valence-electron chi connectivity index (χ1n) is 9.51. The highest BCUT2D eigenvalue weighted by Gasteiger charge is 2.25. The second kappa shape index (κ2) is 7.39. The van der Waals surface area contributed by atoms with Gasteiger partial charge >= 0.3 is 5.97 Å². The number of rotatable bonds is 4. The highest BCUT2D eigenvalue weighted by atomic mass is 16.5. The Morgan fingerprint density at radius 2 is 1.89 bits per heavy atom. The smallest absolute Gasteiger partial charge is 0.337 e. The number of aromatic amines is 1. The Balaban J connectivity index is 1.95. The number of esters is 1. The predicted molar refractivity (Wildman–Crippen MR) is 106 cm³/mol. The number of carbonyl (C=O) groups excluding carboxylic acids is 2. The van der Waals surface area contributed by atoms with E-state index in [1.165, 1.54) is 31.9 Å². The van der Waals surface area contributed by atoms with Crippen molar-refractivity contribution < 1.29 is 14.3 Å². The molecular formula is C23H23NO3. The van der Waals surface area contributed by atoms with E-state index in [4.69, 9.17) is 4.74 Å². The molecule has 1 heterocycles. The number of carbonyl (C=O) groups is 2. The molecule has 1 fully saturated rings. The van der Waals surface area contributed by atoms with Crippen LogP contribution < -0.4 is 0 Å². The standard InChI is InChI=1S/C23H23NO3/c1-27-23(26)16-11-12-19-20(13-16)24-22(18-10-6-5-9-17(18)14-25)21(19)15-7-3-2-4-8-15/h5-6,9-15,24H,2-4,7-8H2,1H3. The second-order valence-corrected chi connectivity index (χ2v) is 7.21. The number of methoxy groups -OCH3 is 1. The highest BCUT2D eigenvalue weighted by molar-refractivity contribution is 5.99. The van der Waals surface area contributed by atoms with Crippen molar-refractivity contribution in [3.05, 3.63) is 59.2 Å². The molecule has 0 atom stereocenters. The Morgan fingerprint density at radius 3 is 2.63 bits per heavy atom. The van der Waals surface area contributed by atoms with Gasteiger partial charge in [0, 0.05) is 22.0 Å². The molecule has 0 spiro atoms. The minimum absolute atomic E-state index is 0.347. The van der Waals surface area contributed by atoms with Crippen LogP contribution in [0.2, 0.25) is 0 Å². The van der Waals surface area contributed by atoms with E-state index in [9.17, 15) is 9.59 Å². The van der Waals surface area contributed by atoms with Crippen LogP contribution in [0.15, 0.2) is 42.5 Å². The molecule has 1 saturated carbocycles. The van der Waals surface area contributed by atoms with Gasteiger partial charge in [-0.05, 0) is 36.5 Å². The third kappa shape index (κ3) is 3.16. The fraction of sp³-hybridized carbons (Fsp3) is 0.304. The minimum Gasteiger partial charge on any atom is -0.465 e. The van der Waals surface area contributed by atoms with E-state index in [0.717, 1.165) is 41.3 Å². The molecule has 138 valence electrons. The monoisotopic (exact) mass is 361 g/mol. The van der Waals surface area contributed by atoms with Gasteiger partial charge < -0.3 is 9.72 Å². The summed E-state index contributed by atoms with van der Waals surface area (Å²) in [5.41, 5.74) is 5.31. The second-order valence-electron chi connectivity index (χ2n) is 7.21. The zero-order chi connectivity index (χ0) is 18.8. The van der Waals surface area contributed by atoms with Crippen molar-refractivity contribution in [3.63, 3.8) is 0 Å². The number of aromatic nitrogens is 1. The van der Waals surface area contributed by atoms with Crippen LogP contribution in [-0.2, 0) is 4.74 Å². The maximum absolute atomic E-state index is 11.9. The summed E-state index contributed by atoms with van der Waals surface area (Å²) in [5.74, 6) is 0.117. The van der Waals surface area contributed by atoms with E-state index in [1.807, 2.05) is 42.5 Å². The van der Waals surface area contributed by atoms with Crippen molar-refractivity contribution in [2.24, 2.45) is 0 Å². The zero-order valence-electron chi connectivity index (χ0n) is 15.5. The molecular weight excluding hydrogens is 338 g/mol. The SMILES string of the molecule is COC(=O)c1ccc2c(C3CCCCC3)c(-c3ccccc3C=O)[nH]c2c1. The summed E-state index contributed by atoms with van der Waals surface area (Å²) in [4.78, 5) is 27.1. The van der Waals surface area contributed by atoms with Gasteiger partial charge in [-0.2, -0.15) is 0 Å². The van der Waals surface area contributed by atoms with Gasteiger partial charge in [0.25, 0.3) is 0 Å². The molecule has 4 nitrogen and oxygen atoms in total. The quantitative estimate of drug-likeness (QED) is 0.494. The number of nitrogens with one attached hydrogen (secondary N) is 1. The average Bonchev–Trinajstić information content (AvgIpc) is 3.12. The topological polar surface area (TPSA) is 59.2 Å². The largest absolute Gasteiger partial charge is 0.465 e. The number of H-pyrrole nitrogens is 1. The van der Waals surface area contributed by atoms with Crippen molar-refractivity contribution in [1.82, 2.24) is 4.98 Å². The van der Waals surface area contributed by atoms with E-state index in [-0.39, 0.29) is 5.97 Å². The molecule has 1 aliphatic rings. The van der Waals surface area contributed by atoms with E-state index < -0.39 is 0 Å². The lowest BCUT2D eigenvalue weighted by atomic mass is 9.81. The van der Waals surface area contributed by atoms with Crippen molar-refractivity contribution >= 4 is 23.2 Å². The van der Waals surface area contributed by atoms with Crippen LogP contribution >= 0.6 is 0 Å². The summed E-state index contributed by atoms with van der Waals surface area (Å²) < 4.78 is 4.86. The summed E-state index contributed by atoms with van der Waals surface area (Å²) in [5, 5.41) is 1.13. The molecule has 27 heavy (non-hydrogen) atoms. The summed E-state index contributed by atoms with van der Waals surface area (Å²) in [6.45, 7) is 0. The number of fused-ring (bicyclic) bond motifs is 1. The van der Waals surface area contributed by atoms with Gasteiger partial charge in [-0.3, -0.25) is 4.79 Å². The molecule has 0 bridgehead atoms. The van der Waals surface area contributed by atoms with Crippen LogP contribution in [0.1, 0.15) is 64.3 Å². The third-order valence-electron chi connectivity index (χ3n) is 5.63. The van der Waals surface area contributed by atoms with Crippen molar-refractivity contribution in [1.29, 1.82) is 0 Å². The van der Waals surface area contributed by atoms with Crippen LogP contribution in [0.4, 0.5) is 0 Å². The molecule has 0 amide bonds. The molecule has 1 aromatic heterocycles. The first-order chi connectivity index (χ1) is 13.2. The zero-order valence-corrected chi connectivity index (χ0v) is 15.5. The number of benzene rings is 2. The summed E-state index contributed by atoms with van der Waals surface area (Å²) in [6.07, 6.45) is 6.96. The van der Waals surface area contributed by atoms with Crippen molar-refractivity contribution in [3.8, 4) is 11.3 Å². The van der Waals surface area contributed by atoms with Gasteiger partial charge in [0.1, 0.15) is 0 Å². The molecule has 0 unspecified atom stereocenters. The molecule has 3 aromatic rings. The number of aldehydes is 1. The van der Waals surface area contributed by atoms with Crippen LogP contribution in [0.3, 0.4) is 0 Å². The molecule has 0 saturated heterocycles. The number of ether oxygens (including phenoxy) is 1. The Bertz CT molecular complexity index is 996. The fourth-order valence-electron chi connectivity index (χ4n) is 4.32. The van der Waals surface area contributed by atoms with Crippen LogP contribution in [0.25, 0.3) is 22.2 Å². The van der Waals surface area contributed by atoms with E-state index >= 15 is 0 Å². The normalized spacial score (nSPS) is 15.0. The van der Waals surface area contributed by atoms with Gasteiger partial charge in [-0.25, -0.2) is 4.79 Å². The van der Waals surface area contributed by atoms with Gasteiger partial charge in [0.15, 0.2) is 6.29 Å². The summed E-state index contributed by atoms with van der Waals surface area (Å²) >= 11 is 0. The summed E-state index contributed by atoms with van der Waals surface area (Å²) in [7, 11) is 1.39. The number of hydrogen-bond donors (Lipinski definition) is 1. The lowest BCUT2D eigenvalue weighted by Crippen LogP contribution is -2.06. The van der Waals surface area contributed by atoms with Crippen molar-refractivity contribution in [2.75, 3.05) is 7.11 Å². The Labute approximate surface area is 158 Å². The van der Waals surface area contributed by atoms with Crippen LogP contribution in [-0.4, -0.2) is 24.3 Å². The molecule has 4 heteroatoms. The van der Waals surface area contributed by atoms with Gasteiger partial charge in [0.2, 0.25) is 0 Å². The van der Waals surface area contributed by atoms with Crippen LogP contribution in [0, 0.1) is 0 Å². The third-order valence-corrected chi connectivity index (χ3v) is 5.63. The lowest BCUT2D eigenvalue weighted by molar-refractivity contribution is 0.0601. The van der Waals surface area contributed by atoms with Gasteiger partial charge in [0.05, 0.1) is 18.4 Å². The maximum Gasteiger partial charge on any atom is 0.337 e. The first-order valence-corrected chi connectivity index (χ1v) is 9.51. The van der Waals surface area contributed by atoms with Crippen LogP contribution in [0.5, 0.6) is 0 Å². The highest BCUT2D eigenvalue weighted by Crippen LogP contribution is 2.43. The van der Waals surface area contributed by atoms with E-state index in [0.29, 0.717) is 17.0 Å². The van der Waals surface area contributed by atoms with E-state index in [2.05, 4.69) is 4.98 Å². The Morgan fingerprint density at radius 1 is 1.11 bits per heavy atom. The van der Waals surface area contributed by atoms with Gasteiger partial charge in [-0.15, -0.1) is 0 Å². The van der Waals surface area contributed by atoms with E-state index in [1.54, 1.807) is 0 Å². The molecule has 0 aliphatic heterocycles. The summed E-state index contributed by atoms with van der Waals surface area (Å²) in [6, 6.07) is 13.4. The van der Waals surface area contributed by atoms with Gasteiger partial charge in [-0.1, -0.05) is 49.6 Å². The Kier molecular flexibility index (Phi) is 4.80. The molecule has 4 rings (SSSR count). The fourth-order valence-corrected chi connectivity index (χ4v) is 4.32. The minimum atomic E-state index is -0.347. The maximum atomic E-state index is 11.9. The first kappa shape index (κ1) is 17.5. The molecule has 1 N–H and O–H groups in total. The predicted octanol–water partition coefficient (Wildman–Crippen LogP) is 5.48.